The number of benzene rings is 2. The second-order valence-electron chi connectivity index (χ2n) is 6.36. The number of carbonyl (C=O) groups is 1. The summed E-state index contributed by atoms with van der Waals surface area (Å²) in [6, 6.07) is 21.0. The molecule has 0 saturated heterocycles. The van der Waals surface area contributed by atoms with Crippen molar-refractivity contribution in [1.82, 2.24) is 15.3 Å². The Morgan fingerprint density at radius 3 is 2.67 bits per heavy atom. The number of amides is 1. The summed E-state index contributed by atoms with van der Waals surface area (Å²) in [7, 11) is 0. The zero-order valence-electron chi connectivity index (χ0n) is 15.0. The van der Waals surface area contributed by atoms with Gasteiger partial charge in [0, 0.05) is 17.8 Å². The Hall–Kier alpha value is -3.47. The average Bonchev–Trinajstić information content (AvgIpc) is 3.12. The number of nitrogens with one attached hydrogen (secondary N) is 1. The van der Waals surface area contributed by atoms with Crippen molar-refractivity contribution in [2.75, 3.05) is 6.54 Å². The molecule has 0 aliphatic rings. The van der Waals surface area contributed by atoms with Gasteiger partial charge in [-0.15, -0.1) is 0 Å². The first-order valence-electron chi connectivity index (χ1n) is 8.86. The summed E-state index contributed by atoms with van der Waals surface area (Å²) in [6.07, 6.45) is 0.792. The zero-order chi connectivity index (χ0) is 18.6. The smallest absolute Gasteiger partial charge is 0.251 e. The van der Waals surface area contributed by atoms with E-state index in [1.165, 1.54) is 5.56 Å². The average molecular weight is 357 g/mol. The van der Waals surface area contributed by atoms with Crippen molar-refractivity contribution in [3.8, 4) is 11.6 Å². The number of oxazole rings is 1. The van der Waals surface area contributed by atoms with Crippen LogP contribution in [0.15, 0.2) is 71.1 Å². The Morgan fingerprint density at radius 1 is 1.00 bits per heavy atom. The van der Waals surface area contributed by atoms with E-state index in [0.717, 1.165) is 12.1 Å². The third kappa shape index (κ3) is 3.87. The number of aromatic nitrogens is 2. The van der Waals surface area contributed by atoms with Gasteiger partial charge in [-0.25, -0.2) is 9.97 Å². The summed E-state index contributed by atoms with van der Waals surface area (Å²) in [6.45, 7) is 2.50. The van der Waals surface area contributed by atoms with Gasteiger partial charge >= 0.3 is 0 Å². The fourth-order valence-corrected chi connectivity index (χ4v) is 2.90. The number of aryl methyl sites for hydroxylation is 1. The molecule has 5 nitrogen and oxygen atoms in total. The first-order chi connectivity index (χ1) is 13.2. The normalized spacial score (nSPS) is 10.9. The van der Waals surface area contributed by atoms with E-state index in [1.807, 2.05) is 55.5 Å². The molecule has 2 aromatic heterocycles. The van der Waals surface area contributed by atoms with Crippen LogP contribution in [0.4, 0.5) is 0 Å². The maximum absolute atomic E-state index is 12.4. The second kappa shape index (κ2) is 7.41. The van der Waals surface area contributed by atoms with Gasteiger partial charge in [0.2, 0.25) is 5.89 Å². The molecule has 0 saturated carbocycles. The van der Waals surface area contributed by atoms with Crippen molar-refractivity contribution in [3.63, 3.8) is 0 Å². The number of rotatable bonds is 5. The molecule has 1 amide bonds. The van der Waals surface area contributed by atoms with E-state index >= 15 is 0 Å². The highest BCUT2D eigenvalue weighted by atomic mass is 16.3. The molecule has 0 spiro atoms. The Balaban J connectivity index is 1.48. The van der Waals surface area contributed by atoms with Crippen molar-refractivity contribution in [3.05, 3.63) is 83.6 Å². The number of carbonyl (C=O) groups excluding carboxylic acids is 1. The lowest BCUT2D eigenvalue weighted by molar-refractivity contribution is 0.0954. The topological polar surface area (TPSA) is 68.0 Å². The maximum Gasteiger partial charge on any atom is 0.251 e. The molecule has 0 atom stereocenters. The molecule has 27 heavy (non-hydrogen) atoms. The molecule has 0 bridgehead atoms. The summed E-state index contributed by atoms with van der Waals surface area (Å²) >= 11 is 0. The van der Waals surface area contributed by atoms with Gasteiger partial charge in [-0.1, -0.05) is 36.4 Å². The van der Waals surface area contributed by atoms with E-state index in [0.29, 0.717) is 34.8 Å². The van der Waals surface area contributed by atoms with Crippen LogP contribution in [0.3, 0.4) is 0 Å². The van der Waals surface area contributed by atoms with Gasteiger partial charge in [0.15, 0.2) is 5.58 Å². The quantitative estimate of drug-likeness (QED) is 0.582. The van der Waals surface area contributed by atoms with E-state index in [1.54, 1.807) is 18.2 Å². The van der Waals surface area contributed by atoms with Crippen LogP contribution in [-0.4, -0.2) is 22.4 Å². The maximum atomic E-state index is 12.4. The van der Waals surface area contributed by atoms with Crippen molar-refractivity contribution in [2.24, 2.45) is 0 Å². The molecule has 134 valence electrons. The molecule has 4 rings (SSSR count). The molecule has 2 aromatic carbocycles. The fourth-order valence-electron chi connectivity index (χ4n) is 2.90. The molecule has 0 unspecified atom stereocenters. The van der Waals surface area contributed by atoms with Gasteiger partial charge in [-0.3, -0.25) is 4.79 Å². The minimum atomic E-state index is -0.125. The van der Waals surface area contributed by atoms with E-state index in [2.05, 4.69) is 15.3 Å². The minimum Gasteiger partial charge on any atom is -0.435 e. The number of fused-ring (bicyclic) bond motifs is 1. The summed E-state index contributed by atoms with van der Waals surface area (Å²) in [5.41, 5.74) is 4.60. The summed E-state index contributed by atoms with van der Waals surface area (Å²) in [5, 5.41) is 2.94. The highest BCUT2D eigenvalue weighted by Crippen LogP contribution is 2.24. The Labute approximate surface area is 157 Å². The number of nitrogens with zero attached hydrogens (tertiary/aromatic N) is 2. The predicted molar refractivity (Wildman–Crippen MR) is 104 cm³/mol. The molecule has 5 heteroatoms. The monoisotopic (exact) mass is 357 g/mol. The lowest BCUT2D eigenvalue weighted by Crippen LogP contribution is -2.25. The van der Waals surface area contributed by atoms with Crippen molar-refractivity contribution in [2.45, 2.75) is 13.3 Å². The largest absolute Gasteiger partial charge is 0.435 e. The van der Waals surface area contributed by atoms with Crippen LogP contribution < -0.4 is 5.32 Å². The minimum absolute atomic E-state index is 0.125. The van der Waals surface area contributed by atoms with Crippen LogP contribution in [0.2, 0.25) is 0 Å². The Bertz CT molecular complexity index is 1090. The number of hydrogen-bond donors (Lipinski definition) is 1. The summed E-state index contributed by atoms with van der Waals surface area (Å²) in [5.74, 6) is 0.329. The standard InChI is InChI=1S/C22H19N3O2/c1-15-6-5-9-19(24-15)22-25-18-11-10-17(14-20(18)27-22)21(26)23-13-12-16-7-3-2-4-8-16/h2-11,14H,12-13H2,1H3,(H,23,26). The molecule has 1 N–H and O–H groups in total. The van der Waals surface area contributed by atoms with Gasteiger partial charge in [-0.05, 0) is 49.2 Å². The van der Waals surface area contributed by atoms with E-state index < -0.39 is 0 Å². The van der Waals surface area contributed by atoms with Gasteiger partial charge in [-0.2, -0.15) is 0 Å². The SMILES string of the molecule is Cc1cccc(-c2nc3ccc(C(=O)NCCc4ccccc4)cc3o2)n1. The zero-order valence-corrected chi connectivity index (χ0v) is 15.0. The van der Waals surface area contributed by atoms with Crippen molar-refractivity contribution >= 4 is 17.0 Å². The van der Waals surface area contributed by atoms with Gasteiger partial charge in [0.05, 0.1) is 0 Å². The van der Waals surface area contributed by atoms with Gasteiger partial charge in [0.1, 0.15) is 11.2 Å². The number of pyridine rings is 1. The number of hydrogen-bond acceptors (Lipinski definition) is 4. The fraction of sp³-hybridized carbons (Fsp3) is 0.136. The van der Waals surface area contributed by atoms with Crippen LogP contribution in [0.1, 0.15) is 21.6 Å². The van der Waals surface area contributed by atoms with Crippen molar-refractivity contribution < 1.29 is 9.21 Å². The Morgan fingerprint density at radius 2 is 1.85 bits per heavy atom. The molecule has 0 radical (unpaired) electrons. The lowest BCUT2D eigenvalue weighted by atomic mass is 10.1. The van der Waals surface area contributed by atoms with Crippen LogP contribution in [0.25, 0.3) is 22.7 Å². The van der Waals surface area contributed by atoms with E-state index in [4.69, 9.17) is 4.42 Å². The first-order valence-corrected chi connectivity index (χ1v) is 8.86. The first kappa shape index (κ1) is 17.0. The Kier molecular flexibility index (Phi) is 4.66. The molecule has 0 aliphatic carbocycles. The highest BCUT2D eigenvalue weighted by Gasteiger charge is 2.12. The summed E-state index contributed by atoms with van der Waals surface area (Å²) < 4.78 is 5.82. The lowest BCUT2D eigenvalue weighted by Gasteiger charge is -2.05. The third-order valence-corrected chi connectivity index (χ3v) is 4.30. The molecule has 4 aromatic rings. The van der Waals surface area contributed by atoms with E-state index in [9.17, 15) is 4.79 Å². The van der Waals surface area contributed by atoms with Gasteiger partial charge in [0.25, 0.3) is 5.91 Å². The van der Waals surface area contributed by atoms with Crippen LogP contribution in [-0.2, 0) is 6.42 Å². The molecule has 0 fully saturated rings. The third-order valence-electron chi connectivity index (χ3n) is 4.30. The highest BCUT2D eigenvalue weighted by molar-refractivity contribution is 5.97. The molecular weight excluding hydrogens is 338 g/mol. The predicted octanol–water partition coefficient (Wildman–Crippen LogP) is 4.17. The second-order valence-corrected chi connectivity index (χ2v) is 6.36. The molecular formula is C22H19N3O2. The summed E-state index contributed by atoms with van der Waals surface area (Å²) in [4.78, 5) is 21.3. The van der Waals surface area contributed by atoms with Crippen LogP contribution >= 0.6 is 0 Å². The van der Waals surface area contributed by atoms with E-state index in [-0.39, 0.29) is 5.91 Å². The van der Waals surface area contributed by atoms with Crippen LogP contribution in [0, 0.1) is 6.92 Å². The van der Waals surface area contributed by atoms with Crippen LogP contribution in [0.5, 0.6) is 0 Å². The molecule has 0 aliphatic heterocycles. The molecule has 2 heterocycles. The van der Waals surface area contributed by atoms with Crippen molar-refractivity contribution in [1.29, 1.82) is 0 Å². The van der Waals surface area contributed by atoms with Gasteiger partial charge < -0.3 is 9.73 Å².